The minimum Gasteiger partial charge on any atom is -0.366 e. The van der Waals surface area contributed by atoms with Gasteiger partial charge in [-0.05, 0) is 24.3 Å². The Morgan fingerprint density at radius 1 is 1.24 bits per heavy atom. The quantitative estimate of drug-likeness (QED) is 0.823. The molecule has 0 bridgehead atoms. The highest BCUT2D eigenvalue weighted by Gasteiger charge is 2.30. The van der Waals surface area contributed by atoms with Gasteiger partial charge in [-0.15, -0.1) is 6.58 Å². The molecule has 1 heterocycles. The van der Waals surface area contributed by atoms with Gasteiger partial charge < -0.3 is 10.6 Å². The zero-order valence-corrected chi connectivity index (χ0v) is 11.0. The smallest absolute Gasteiger partial charge is 0.366 e. The number of aromatic nitrogens is 2. The predicted molar refractivity (Wildman–Crippen MR) is 75.4 cm³/mol. The molecule has 2 aromatic rings. The number of benzene rings is 1. The van der Waals surface area contributed by atoms with Crippen LogP contribution in [0.3, 0.4) is 0 Å². The summed E-state index contributed by atoms with van der Waals surface area (Å²) in [5.74, 6) is 0.766. The van der Waals surface area contributed by atoms with Crippen LogP contribution in [0, 0.1) is 0 Å². The standard InChI is InChI=1S/C14H13F3N4/c1-2-7-18-12-6-8-19-13(21-12)20-11-5-3-4-10(9-11)14(15,16)17/h2-6,8-9H,1,7H2,(H2,18,19,20,21). The number of hydrogen-bond acceptors (Lipinski definition) is 4. The van der Waals surface area contributed by atoms with Gasteiger partial charge in [0.25, 0.3) is 0 Å². The third-order valence-corrected chi connectivity index (χ3v) is 2.53. The van der Waals surface area contributed by atoms with Crippen molar-refractivity contribution in [2.24, 2.45) is 0 Å². The fourth-order valence-corrected chi connectivity index (χ4v) is 1.60. The Morgan fingerprint density at radius 2 is 2.05 bits per heavy atom. The summed E-state index contributed by atoms with van der Waals surface area (Å²) in [6.45, 7) is 4.10. The minimum atomic E-state index is -4.38. The van der Waals surface area contributed by atoms with Gasteiger partial charge in [-0.2, -0.15) is 18.2 Å². The highest BCUT2D eigenvalue weighted by molar-refractivity contribution is 5.56. The number of halogens is 3. The highest BCUT2D eigenvalue weighted by atomic mass is 19.4. The molecule has 1 aromatic heterocycles. The van der Waals surface area contributed by atoms with E-state index in [2.05, 4.69) is 27.2 Å². The molecule has 0 spiro atoms. The van der Waals surface area contributed by atoms with Gasteiger partial charge in [0.15, 0.2) is 0 Å². The fourth-order valence-electron chi connectivity index (χ4n) is 1.60. The van der Waals surface area contributed by atoms with Crippen molar-refractivity contribution in [3.63, 3.8) is 0 Å². The second-order valence-corrected chi connectivity index (χ2v) is 4.14. The van der Waals surface area contributed by atoms with Crippen molar-refractivity contribution >= 4 is 17.5 Å². The van der Waals surface area contributed by atoms with Gasteiger partial charge in [-0.3, -0.25) is 0 Å². The van der Waals surface area contributed by atoms with Gasteiger partial charge in [0.2, 0.25) is 5.95 Å². The lowest BCUT2D eigenvalue weighted by Crippen LogP contribution is -2.06. The molecular weight excluding hydrogens is 281 g/mol. The van der Waals surface area contributed by atoms with E-state index in [1.165, 1.54) is 18.3 Å². The topological polar surface area (TPSA) is 49.8 Å². The Labute approximate surface area is 119 Å². The first kappa shape index (κ1) is 14.8. The van der Waals surface area contributed by atoms with E-state index < -0.39 is 11.7 Å². The average molecular weight is 294 g/mol. The SMILES string of the molecule is C=CCNc1ccnc(Nc2cccc(C(F)(F)F)c2)n1. The molecule has 0 aliphatic carbocycles. The Kier molecular flexibility index (Phi) is 4.42. The molecule has 0 saturated heterocycles. The first-order valence-electron chi connectivity index (χ1n) is 6.11. The number of nitrogens with one attached hydrogen (secondary N) is 2. The lowest BCUT2D eigenvalue weighted by molar-refractivity contribution is -0.137. The number of anilines is 3. The molecule has 7 heteroatoms. The molecule has 0 aliphatic heterocycles. The molecule has 4 nitrogen and oxygen atoms in total. The maximum atomic E-state index is 12.6. The van der Waals surface area contributed by atoms with Crippen molar-refractivity contribution in [2.45, 2.75) is 6.18 Å². The van der Waals surface area contributed by atoms with Gasteiger partial charge in [0.1, 0.15) is 5.82 Å². The summed E-state index contributed by atoms with van der Waals surface area (Å²) in [6, 6.07) is 6.51. The lowest BCUT2D eigenvalue weighted by Gasteiger charge is -2.10. The normalized spacial score (nSPS) is 11.0. The Balaban J connectivity index is 2.16. The first-order chi connectivity index (χ1) is 9.99. The zero-order chi connectivity index (χ0) is 15.3. The summed E-state index contributed by atoms with van der Waals surface area (Å²) in [7, 11) is 0. The average Bonchev–Trinajstić information content (AvgIpc) is 2.45. The van der Waals surface area contributed by atoms with E-state index >= 15 is 0 Å². The third kappa shape index (κ3) is 4.20. The maximum absolute atomic E-state index is 12.6. The Morgan fingerprint density at radius 3 is 2.76 bits per heavy atom. The largest absolute Gasteiger partial charge is 0.416 e. The Hall–Kier alpha value is -2.57. The van der Waals surface area contributed by atoms with E-state index in [4.69, 9.17) is 0 Å². The van der Waals surface area contributed by atoms with Crippen molar-refractivity contribution in [1.82, 2.24) is 9.97 Å². The van der Waals surface area contributed by atoms with Gasteiger partial charge in [0, 0.05) is 18.4 Å². The second-order valence-electron chi connectivity index (χ2n) is 4.14. The van der Waals surface area contributed by atoms with Gasteiger partial charge in [-0.1, -0.05) is 12.1 Å². The van der Waals surface area contributed by atoms with Crippen LogP contribution in [0.1, 0.15) is 5.56 Å². The maximum Gasteiger partial charge on any atom is 0.416 e. The summed E-state index contributed by atoms with van der Waals surface area (Å²) >= 11 is 0. The first-order valence-corrected chi connectivity index (χ1v) is 6.11. The zero-order valence-electron chi connectivity index (χ0n) is 11.0. The van der Waals surface area contributed by atoms with E-state index in [9.17, 15) is 13.2 Å². The van der Waals surface area contributed by atoms with Crippen LogP contribution in [-0.2, 0) is 6.18 Å². The molecule has 21 heavy (non-hydrogen) atoms. The summed E-state index contributed by atoms with van der Waals surface area (Å²) in [6.07, 6.45) is -1.21. The van der Waals surface area contributed by atoms with Crippen LogP contribution in [0.5, 0.6) is 0 Å². The van der Waals surface area contributed by atoms with Crippen LogP contribution >= 0.6 is 0 Å². The van der Waals surface area contributed by atoms with Crippen LogP contribution in [0.25, 0.3) is 0 Å². The summed E-state index contributed by atoms with van der Waals surface area (Å²) in [5.41, 5.74) is -0.459. The van der Waals surface area contributed by atoms with Crippen LogP contribution in [-0.4, -0.2) is 16.5 Å². The van der Waals surface area contributed by atoms with E-state index in [1.54, 1.807) is 12.1 Å². The molecule has 2 rings (SSSR count). The van der Waals surface area contributed by atoms with Crippen molar-refractivity contribution in [1.29, 1.82) is 0 Å². The fraction of sp³-hybridized carbons (Fsp3) is 0.143. The molecule has 0 aliphatic rings. The molecule has 0 unspecified atom stereocenters. The third-order valence-electron chi connectivity index (χ3n) is 2.53. The van der Waals surface area contributed by atoms with E-state index in [0.717, 1.165) is 12.1 Å². The van der Waals surface area contributed by atoms with Crippen molar-refractivity contribution in [2.75, 3.05) is 17.2 Å². The van der Waals surface area contributed by atoms with Crippen LogP contribution in [0.15, 0.2) is 49.2 Å². The lowest BCUT2D eigenvalue weighted by atomic mass is 10.2. The molecule has 2 N–H and O–H groups in total. The predicted octanol–water partition coefficient (Wildman–Crippen LogP) is 3.84. The molecule has 110 valence electrons. The van der Waals surface area contributed by atoms with Gasteiger partial charge in [0.05, 0.1) is 5.56 Å². The van der Waals surface area contributed by atoms with Crippen LogP contribution in [0.2, 0.25) is 0 Å². The number of rotatable bonds is 5. The number of alkyl halides is 3. The molecular formula is C14H13F3N4. The number of nitrogens with zero attached hydrogens (tertiary/aromatic N) is 2. The summed E-state index contributed by atoms with van der Waals surface area (Å²) in [5, 5.41) is 5.71. The van der Waals surface area contributed by atoms with Gasteiger partial charge >= 0.3 is 6.18 Å². The minimum absolute atomic E-state index is 0.211. The Bertz CT molecular complexity index is 626. The molecule has 0 atom stereocenters. The molecule has 1 aromatic carbocycles. The second kappa shape index (κ2) is 6.25. The van der Waals surface area contributed by atoms with E-state index in [1.807, 2.05) is 0 Å². The summed E-state index contributed by atoms with van der Waals surface area (Å²) < 4.78 is 37.9. The highest BCUT2D eigenvalue weighted by Crippen LogP contribution is 2.31. The van der Waals surface area contributed by atoms with E-state index in [0.29, 0.717) is 12.4 Å². The molecule has 0 amide bonds. The van der Waals surface area contributed by atoms with E-state index in [-0.39, 0.29) is 11.6 Å². The van der Waals surface area contributed by atoms with Gasteiger partial charge in [-0.25, -0.2) is 4.98 Å². The van der Waals surface area contributed by atoms with Crippen molar-refractivity contribution in [3.05, 3.63) is 54.7 Å². The van der Waals surface area contributed by atoms with Crippen LogP contribution < -0.4 is 10.6 Å². The molecule has 0 radical (unpaired) electrons. The van der Waals surface area contributed by atoms with Crippen molar-refractivity contribution in [3.8, 4) is 0 Å². The van der Waals surface area contributed by atoms with Crippen LogP contribution in [0.4, 0.5) is 30.6 Å². The monoisotopic (exact) mass is 294 g/mol. The molecule has 0 fully saturated rings. The van der Waals surface area contributed by atoms with Crippen molar-refractivity contribution < 1.29 is 13.2 Å². The summed E-state index contributed by atoms with van der Waals surface area (Å²) in [4.78, 5) is 8.10. The molecule has 0 saturated carbocycles. The number of hydrogen-bond donors (Lipinski definition) is 2.